The van der Waals surface area contributed by atoms with Gasteiger partial charge >= 0.3 is 12.1 Å². The Hall–Kier alpha value is -5.99. The van der Waals surface area contributed by atoms with Crippen LogP contribution in [0.3, 0.4) is 0 Å². The number of imide groups is 1. The highest BCUT2D eigenvalue weighted by molar-refractivity contribution is 7.86. The van der Waals surface area contributed by atoms with Crippen molar-refractivity contribution in [2.45, 2.75) is 129 Å². The number of nitrogens with zero attached hydrogens (tertiary/aromatic N) is 3. The molecule has 1 saturated heterocycles. The van der Waals surface area contributed by atoms with E-state index in [2.05, 4.69) is 16.3 Å². The van der Waals surface area contributed by atoms with E-state index in [0.29, 0.717) is 397 Å². The van der Waals surface area contributed by atoms with E-state index >= 15 is 13.2 Å². The van der Waals surface area contributed by atoms with Gasteiger partial charge in [-0.1, -0.05) is 25.8 Å². The number of anilines is 1. The summed E-state index contributed by atoms with van der Waals surface area (Å²) in [5.74, 6) is -3.04. The maximum absolute atomic E-state index is 15.8. The summed E-state index contributed by atoms with van der Waals surface area (Å²) in [7, 11) is -3.26. The average Bonchev–Trinajstić information content (AvgIpc) is 0.777. The van der Waals surface area contributed by atoms with E-state index in [4.69, 9.17) is 123 Å². The average molecular weight is 1940 g/mol. The van der Waals surface area contributed by atoms with Gasteiger partial charge < -0.3 is 138 Å². The number of methoxy groups -OCH3 is 1. The lowest BCUT2D eigenvalue weighted by molar-refractivity contribution is -0.197. The molecule has 1 fully saturated rings. The number of halogens is 3. The molecule has 768 valence electrons. The molecule has 4 heterocycles. The Bertz CT molecular complexity index is 3850. The van der Waals surface area contributed by atoms with Gasteiger partial charge in [-0.25, -0.2) is 17.8 Å². The van der Waals surface area contributed by atoms with Crippen LogP contribution in [-0.2, 0) is 148 Å². The van der Waals surface area contributed by atoms with Gasteiger partial charge in [-0.3, -0.25) is 14.4 Å². The highest BCUT2D eigenvalue weighted by Crippen LogP contribution is 2.49. The van der Waals surface area contributed by atoms with Gasteiger partial charge in [0.05, 0.1) is 349 Å². The lowest BCUT2D eigenvalue weighted by Crippen LogP contribution is -2.50. The highest BCUT2D eigenvalue weighted by Gasteiger charge is 2.44. The fraction of sp³-hybridized carbons (Fsp3) is 0.774. The number of amides is 3. The van der Waals surface area contributed by atoms with Crippen LogP contribution in [0.1, 0.15) is 128 Å². The number of unbranched alkanes of at least 4 members (excludes halogenated alkanes) is 4. The van der Waals surface area contributed by atoms with E-state index in [1.807, 2.05) is 39.2 Å². The number of fused-ring (bicyclic) bond motifs is 4. The topological polar surface area (TPSA) is 387 Å². The van der Waals surface area contributed by atoms with Gasteiger partial charge in [0.25, 0.3) is 11.8 Å². The minimum atomic E-state index is -4.92. The highest BCUT2D eigenvalue weighted by atomic mass is 32.2. The Balaban J connectivity index is 0.654. The van der Waals surface area contributed by atoms with Crippen LogP contribution in [0.5, 0.6) is 11.5 Å². The van der Waals surface area contributed by atoms with Gasteiger partial charge in [-0.15, -0.1) is 5.06 Å². The first kappa shape index (κ1) is 117. The molecule has 0 unspecified atom stereocenters. The Morgan fingerprint density at radius 3 is 1.16 bits per heavy atom. The number of benzene rings is 2. The fourth-order valence-electron chi connectivity index (χ4n) is 14.3. The molecule has 37 nitrogen and oxygen atoms in total. The number of alkyl halides is 3. The van der Waals surface area contributed by atoms with E-state index in [9.17, 15) is 32.1 Å². The van der Waals surface area contributed by atoms with Crippen LogP contribution < -0.4 is 30.1 Å². The van der Waals surface area contributed by atoms with Crippen molar-refractivity contribution in [2.75, 3.05) is 348 Å². The maximum Gasteiger partial charge on any atom is 0.417 e. The van der Waals surface area contributed by atoms with Crippen LogP contribution >= 0.6 is 0 Å². The van der Waals surface area contributed by atoms with Crippen LogP contribution in [0.2, 0.25) is 0 Å². The minimum absolute atomic E-state index is 0.0145. The van der Waals surface area contributed by atoms with Crippen molar-refractivity contribution in [3.8, 4) is 11.5 Å². The van der Waals surface area contributed by atoms with Gasteiger partial charge in [-0.05, 0) is 75.3 Å². The molecule has 4 aliphatic heterocycles. The number of carbonyl (C=O) groups excluding carboxylic acids is 4. The lowest BCUT2D eigenvalue weighted by Gasteiger charge is -2.44. The van der Waals surface area contributed by atoms with Crippen LogP contribution in [-0.4, -0.2) is 402 Å². The van der Waals surface area contributed by atoms with E-state index < -0.39 is 56.5 Å². The van der Waals surface area contributed by atoms with Crippen molar-refractivity contribution in [3.05, 3.63) is 63.7 Å². The molecule has 0 aromatic heterocycles. The Kier molecular flexibility index (Phi) is 62.2. The molecule has 134 heavy (non-hydrogen) atoms. The van der Waals surface area contributed by atoms with Crippen molar-refractivity contribution >= 4 is 56.2 Å². The molecule has 3 amide bonds. The Morgan fingerprint density at radius 1 is 0.440 bits per heavy atom. The number of allylic oxidation sites excluding steroid dienone is 1. The number of hydrogen-bond donors (Lipinski definition) is 1. The molecule has 0 radical (unpaired) electrons. The number of carbonyl (C=O) groups is 4. The van der Waals surface area contributed by atoms with Crippen molar-refractivity contribution < 1.29 is 169 Å². The van der Waals surface area contributed by atoms with Gasteiger partial charge in [0.15, 0.2) is 5.54 Å². The molecule has 4 aliphatic rings. The molecule has 0 aliphatic carbocycles. The third kappa shape index (κ3) is 50.7. The summed E-state index contributed by atoms with van der Waals surface area (Å²) in [6.45, 7) is 32.3. The SMILES string of the molecule is CCCC1=CC(C)(C)N(CCCCCC(=O)ON2C(=O)CCC2=O)c2cc3c(cc21)C(C(F)(F)F)=c1cc2c(cc1O3)=[N+](CCCCCC(=O)NCCOCCOCCOCCOCCOCCOCCOCCOCCOCCOCCOCCOCCOCCOCCOCCOCCOCCOCCOCCOCCOCCOCCOCCOC)C(C)(C)C=C2CS(=O)(=O)[O-]. The summed E-state index contributed by atoms with van der Waals surface area (Å²) in [5, 5.41) is 3.49. The second-order valence-electron chi connectivity index (χ2n) is 32.2. The van der Waals surface area contributed by atoms with Crippen molar-refractivity contribution in [1.82, 2.24) is 15.0 Å². The second kappa shape index (κ2) is 71.4. The van der Waals surface area contributed by atoms with E-state index in [0.717, 1.165) is 5.57 Å². The molecule has 2 aromatic rings. The predicted octanol–water partition coefficient (Wildman–Crippen LogP) is 6.42. The number of hydrogen-bond acceptors (Lipinski definition) is 34. The zero-order valence-electron chi connectivity index (χ0n) is 79.9. The number of nitrogens with one attached hydrogen (secondary N) is 1. The van der Waals surface area contributed by atoms with Crippen molar-refractivity contribution in [1.29, 1.82) is 0 Å². The van der Waals surface area contributed by atoms with E-state index in [-0.39, 0.29) is 71.6 Å². The molecule has 0 atom stereocenters. The van der Waals surface area contributed by atoms with E-state index in [1.54, 1.807) is 19.3 Å². The van der Waals surface area contributed by atoms with Crippen LogP contribution in [0, 0.1) is 0 Å². The molecule has 0 bridgehead atoms. The summed E-state index contributed by atoms with van der Waals surface area (Å²) in [5.41, 5.74) is -0.272. The summed E-state index contributed by atoms with van der Waals surface area (Å²) in [4.78, 5) is 56.5. The first-order valence-corrected chi connectivity index (χ1v) is 48.6. The Labute approximate surface area is 788 Å². The molecule has 6 rings (SSSR count). The molecule has 2 aromatic carbocycles. The van der Waals surface area contributed by atoms with Gasteiger partial charge in [0.2, 0.25) is 11.3 Å². The molecule has 0 spiro atoms. The first-order valence-electron chi connectivity index (χ1n) is 47.1. The lowest BCUT2D eigenvalue weighted by atomic mass is 9.83. The Morgan fingerprint density at radius 2 is 0.799 bits per heavy atom. The summed E-state index contributed by atoms with van der Waals surface area (Å²) in [6.07, 6.45) is 3.48. The standard InChI is InChI=1S/C93H151F3N4O33S/c1-7-14-76-73-91(2,3)98(21-13-9-11-16-89(104)133-100-87(102)17-18-88(100)103)82-71-84-80(69-78(76)82)90(93(94,95)96)81-70-79-77(75-134(105,106)107)74-92(4,5)99(83(79)72-85(81)132-84)20-12-8-10-15-86(101)97-19-22-109-25-26-111-29-30-113-33-34-115-37-38-117-41-42-119-45-46-121-49-50-123-53-54-125-57-58-127-61-62-129-65-66-131-68-67-130-64-63-128-60-59-126-56-55-124-52-51-122-48-47-120-44-43-118-40-39-116-36-35-114-32-31-112-28-27-110-24-23-108-6/h69-74H,7-68,75H2,1-6H3,(H-,97,101,105,106,107). The quantitative estimate of drug-likeness (QED) is 0.0323. The minimum Gasteiger partial charge on any atom is -0.748 e. The van der Waals surface area contributed by atoms with E-state index in [1.165, 1.54) is 18.2 Å². The molecule has 41 heteroatoms. The fourth-order valence-corrected chi connectivity index (χ4v) is 14.9. The smallest absolute Gasteiger partial charge is 0.417 e. The van der Waals surface area contributed by atoms with Crippen molar-refractivity contribution in [3.63, 3.8) is 0 Å². The van der Waals surface area contributed by atoms with Crippen molar-refractivity contribution in [2.24, 2.45) is 0 Å². The largest absolute Gasteiger partial charge is 0.748 e. The second-order valence-corrected chi connectivity index (χ2v) is 33.6. The third-order valence-electron chi connectivity index (χ3n) is 20.7. The molecular weight excluding hydrogens is 1790 g/mol. The van der Waals surface area contributed by atoms with Gasteiger partial charge in [-0.2, -0.15) is 13.2 Å². The summed E-state index contributed by atoms with van der Waals surface area (Å²) >= 11 is 0. The zero-order valence-corrected chi connectivity index (χ0v) is 80.7. The maximum atomic E-state index is 15.8. The third-order valence-corrected chi connectivity index (χ3v) is 21.4. The zero-order chi connectivity index (χ0) is 96.3. The van der Waals surface area contributed by atoms with Gasteiger partial charge in [0.1, 0.15) is 18.0 Å². The normalized spacial score (nSPS) is 14.6. The van der Waals surface area contributed by atoms with Crippen LogP contribution in [0.4, 0.5) is 18.9 Å². The summed E-state index contributed by atoms with van der Waals surface area (Å²) < 4.78 is 226. The summed E-state index contributed by atoms with van der Waals surface area (Å²) in [6, 6.07) is 5.98. The van der Waals surface area contributed by atoms with Crippen LogP contribution in [0.15, 0.2) is 36.4 Å². The predicted molar refractivity (Wildman–Crippen MR) is 486 cm³/mol. The number of hydroxylamine groups is 2. The monoisotopic (exact) mass is 1940 g/mol. The molecule has 0 saturated carbocycles. The molecule has 1 N–H and O–H groups in total. The van der Waals surface area contributed by atoms with Crippen LogP contribution in [0.25, 0.3) is 16.7 Å². The number of ether oxygens (including phenoxy) is 25. The first-order chi connectivity index (χ1) is 65.0. The molecular formula is C93H151F3N4O33S. The van der Waals surface area contributed by atoms with Gasteiger partial charge in [0, 0.05) is 94.3 Å². The number of rotatable bonds is 89.